The minimum Gasteiger partial charge on any atom is -0.364 e. The summed E-state index contributed by atoms with van der Waals surface area (Å²) in [5.74, 6) is -0.590. The molecule has 0 unspecified atom stereocenters. The van der Waals surface area contributed by atoms with Crippen LogP contribution in [-0.4, -0.2) is 21.1 Å². The number of amides is 1. The summed E-state index contributed by atoms with van der Waals surface area (Å²) in [6.07, 6.45) is 0. The van der Waals surface area contributed by atoms with Gasteiger partial charge in [0, 0.05) is 11.6 Å². The van der Waals surface area contributed by atoms with Gasteiger partial charge in [-0.3, -0.25) is 9.59 Å². The van der Waals surface area contributed by atoms with E-state index in [-0.39, 0.29) is 10.6 Å². The van der Waals surface area contributed by atoms with Crippen molar-refractivity contribution in [2.24, 2.45) is 5.73 Å². The standard InChI is InChI=1S/C14H10N4O2S/c15-13(20)14-16-11(8-4-2-1-3-5-8)12(21-14)9-6-7-10(19)18-17-9/h1-7H,(H2,15,20)(H,18,19). The van der Waals surface area contributed by atoms with Crippen LogP contribution in [0.25, 0.3) is 21.8 Å². The molecule has 104 valence electrons. The minimum absolute atomic E-state index is 0.205. The smallest absolute Gasteiger partial charge is 0.277 e. The monoisotopic (exact) mass is 298 g/mol. The zero-order chi connectivity index (χ0) is 14.8. The number of rotatable bonds is 3. The van der Waals surface area contributed by atoms with Crippen molar-refractivity contribution in [3.8, 4) is 21.8 Å². The predicted octanol–water partition coefficient (Wildman–Crippen LogP) is 1.66. The number of carbonyl (C=O) groups is 1. The highest BCUT2D eigenvalue weighted by atomic mass is 32.1. The predicted molar refractivity (Wildman–Crippen MR) is 79.9 cm³/mol. The Morgan fingerprint density at radius 2 is 1.90 bits per heavy atom. The van der Waals surface area contributed by atoms with Crippen LogP contribution < -0.4 is 11.3 Å². The molecule has 0 aliphatic carbocycles. The van der Waals surface area contributed by atoms with E-state index >= 15 is 0 Å². The number of aromatic nitrogens is 3. The normalized spacial score (nSPS) is 10.5. The van der Waals surface area contributed by atoms with E-state index in [4.69, 9.17) is 5.73 Å². The second-order valence-corrected chi connectivity index (χ2v) is 5.23. The average Bonchev–Trinajstić information content (AvgIpc) is 2.94. The number of nitrogens with zero attached hydrogens (tertiary/aromatic N) is 2. The summed E-state index contributed by atoms with van der Waals surface area (Å²) >= 11 is 1.15. The maximum Gasteiger partial charge on any atom is 0.277 e. The number of hydrogen-bond donors (Lipinski definition) is 2. The van der Waals surface area contributed by atoms with Crippen molar-refractivity contribution in [1.29, 1.82) is 0 Å². The lowest BCUT2D eigenvalue weighted by molar-refractivity contribution is 0.1000. The van der Waals surface area contributed by atoms with Crippen LogP contribution in [0.15, 0.2) is 47.3 Å². The van der Waals surface area contributed by atoms with E-state index in [2.05, 4.69) is 15.2 Å². The van der Waals surface area contributed by atoms with E-state index in [0.717, 1.165) is 16.9 Å². The molecule has 1 amide bonds. The fraction of sp³-hybridized carbons (Fsp3) is 0. The molecular formula is C14H10N4O2S. The van der Waals surface area contributed by atoms with E-state index in [9.17, 15) is 9.59 Å². The molecule has 0 bridgehead atoms. The Balaban J connectivity index is 2.21. The van der Waals surface area contributed by atoms with Gasteiger partial charge in [0.1, 0.15) is 5.69 Å². The molecule has 0 saturated heterocycles. The Kier molecular flexibility index (Phi) is 3.33. The third-order valence-corrected chi connectivity index (χ3v) is 3.89. The SMILES string of the molecule is NC(=O)c1nc(-c2ccccc2)c(-c2ccc(=O)[nH]n2)s1. The molecular weight excluding hydrogens is 288 g/mol. The Bertz CT molecular complexity index is 834. The van der Waals surface area contributed by atoms with Crippen molar-refractivity contribution in [2.75, 3.05) is 0 Å². The van der Waals surface area contributed by atoms with Gasteiger partial charge in [-0.2, -0.15) is 5.10 Å². The largest absolute Gasteiger partial charge is 0.364 e. The number of H-pyrrole nitrogens is 1. The molecule has 0 atom stereocenters. The number of carbonyl (C=O) groups excluding carboxylic acids is 1. The van der Waals surface area contributed by atoms with Crippen molar-refractivity contribution < 1.29 is 4.79 Å². The summed E-state index contributed by atoms with van der Waals surface area (Å²) in [6.45, 7) is 0. The molecule has 3 N–H and O–H groups in total. The van der Waals surface area contributed by atoms with Gasteiger partial charge in [-0.25, -0.2) is 10.1 Å². The number of nitrogens with one attached hydrogen (secondary N) is 1. The summed E-state index contributed by atoms with van der Waals surface area (Å²) < 4.78 is 0. The summed E-state index contributed by atoms with van der Waals surface area (Å²) in [6, 6.07) is 12.4. The second-order valence-electron chi connectivity index (χ2n) is 4.23. The Hall–Kier alpha value is -2.80. The molecule has 3 aromatic rings. The third kappa shape index (κ3) is 2.59. The highest BCUT2D eigenvalue weighted by Crippen LogP contribution is 2.35. The van der Waals surface area contributed by atoms with Gasteiger partial charge in [0.15, 0.2) is 5.01 Å². The molecule has 1 aromatic carbocycles. The van der Waals surface area contributed by atoms with Crippen molar-refractivity contribution in [3.05, 3.63) is 57.8 Å². The molecule has 6 nitrogen and oxygen atoms in total. The van der Waals surface area contributed by atoms with Crippen LogP contribution in [0.5, 0.6) is 0 Å². The van der Waals surface area contributed by atoms with E-state index in [0.29, 0.717) is 16.3 Å². The highest BCUT2D eigenvalue weighted by Gasteiger charge is 2.18. The molecule has 21 heavy (non-hydrogen) atoms. The lowest BCUT2D eigenvalue weighted by atomic mass is 10.1. The van der Waals surface area contributed by atoms with E-state index < -0.39 is 5.91 Å². The topological polar surface area (TPSA) is 102 Å². The molecule has 0 fully saturated rings. The van der Waals surface area contributed by atoms with E-state index in [1.54, 1.807) is 6.07 Å². The Morgan fingerprint density at radius 3 is 2.52 bits per heavy atom. The number of thiazole rings is 1. The van der Waals surface area contributed by atoms with E-state index in [1.807, 2.05) is 30.3 Å². The minimum atomic E-state index is -0.590. The number of hydrogen-bond acceptors (Lipinski definition) is 5. The summed E-state index contributed by atoms with van der Waals surface area (Å²) in [4.78, 5) is 27.5. The zero-order valence-electron chi connectivity index (χ0n) is 10.7. The zero-order valence-corrected chi connectivity index (χ0v) is 11.6. The summed E-state index contributed by atoms with van der Waals surface area (Å²) in [5, 5.41) is 6.57. The van der Waals surface area contributed by atoms with Crippen molar-refractivity contribution >= 4 is 17.2 Å². The molecule has 2 heterocycles. The Morgan fingerprint density at radius 1 is 1.14 bits per heavy atom. The highest BCUT2D eigenvalue weighted by molar-refractivity contribution is 7.17. The first-order valence-electron chi connectivity index (χ1n) is 6.07. The molecule has 0 spiro atoms. The first-order chi connectivity index (χ1) is 10.1. The van der Waals surface area contributed by atoms with Crippen LogP contribution in [0.4, 0.5) is 0 Å². The van der Waals surface area contributed by atoms with Crippen LogP contribution in [0.1, 0.15) is 9.80 Å². The lowest BCUT2D eigenvalue weighted by Gasteiger charge is -2.01. The van der Waals surface area contributed by atoms with Crippen molar-refractivity contribution in [3.63, 3.8) is 0 Å². The molecule has 0 saturated carbocycles. The molecule has 0 radical (unpaired) electrons. The quantitative estimate of drug-likeness (QED) is 0.767. The van der Waals surface area contributed by atoms with E-state index in [1.165, 1.54) is 6.07 Å². The van der Waals surface area contributed by atoms with Gasteiger partial charge < -0.3 is 5.73 Å². The lowest BCUT2D eigenvalue weighted by Crippen LogP contribution is -2.10. The number of primary amides is 1. The molecule has 0 aliphatic rings. The van der Waals surface area contributed by atoms with Gasteiger partial charge in [0.2, 0.25) is 0 Å². The fourth-order valence-corrected chi connectivity index (χ4v) is 2.77. The van der Waals surface area contributed by atoms with Gasteiger partial charge in [-0.15, -0.1) is 11.3 Å². The van der Waals surface area contributed by atoms with Crippen molar-refractivity contribution in [1.82, 2.24) is 15.2 Å². The van der Waals surface area contributed by atoms with Gasteiger partial charge in [-0.1, -0.05) is 30.3 Å². The van der Waals surface area contributed by atoms with Crippen LogP contribution in [0, 0.1) is 0 Å². The van der Waals surface area contributed by atoms with Crippen molar-refractivity contribution in [2.45, 2.75) is 0 Å². The van der Waals surface area contributed by atoms with Crippen LogP contribution in [0.2, 0.25) is 0 Å². The third-order valence-electron chi connectivity index (χ3n) is 2.80. The van der Waals surface area contributed by atoms with Gasteiger partial charge in [0.25, 0.3) is 11.5 Å². The first-order valence-corrected chi connectivity index (χ1v) is 6.89. The molecule has 2 aromatic heterocycles. The van der Waals surface area contributed by atoms with Crippen LogP contribution in [-0.2, 0) is 0 Å². The Labute approximate surface area is 123 Å². The van der Waals surface area contributed by atoms with Gasteiger partial charge >= 0.3 is 0 Å². The summed E-state index contributed by atoms with van der Waals surface area (Å²) in [5.41, 5.74) is 7.03. The molecule has 3 rings (SSSR count). The van der Waals surface area contributed by atoms with Crippen LogP contribution in [0.3, 0.4) is 0 Å². The number of benzene rings is 1. The molecule has 7 heteroatoms. The average molecular weight is 298 g/mol. The number of nitrogens with two attached hydrogens (primary N) is 1. The second kappa shape index (κ2) is 5.29. The maximum atomic E-state index is 11.4. The number of aromatic amines is 1. The van der Waals surface area contributed by atoms with Crippen LogP contribution >= 0.6 is 11.3 Å². The summed E-state index contributed by atoms with van der Waals surface area (Å²) in [7, 11) is 0. The van der Waals surface area contributed by atoms with Gasteiger partial charge in [0.05, 0.1) is 10.6 Å². The maximum absolute atomic E-state index is 11.4. The first kappa shape index (κ1) is 13.2. The molecule has 0 aliphatic heterocycles. The van der Waals surface area contributed by atoms with Gasteiger partial charge in [-0.05, 0) is 6.07 Å². The fourth-order valence-electron chi connectivity index (χ4n) is 1.86.